The Kier molecular flexibility index (Phi) is 3.97. The first-order valence-electron chi connectivity index (χ1n) is 7.88. The third-order valence-corrected chi connectivity index (χ3v) is 4.93. The molecule has 0 unspecified atom stereocenters. The van der Waals surface area contributed by atoms with Gasteiger partial charge in [-0.05, 0) is 52.6 Å². The summed E-state index contributed by atoms with van der Waals surface area (Å²) >= 11 is 0. The number of nitrogens with one attached hydrogen (secondary N) is 1. The summed E-state index contributed by atoms with van der Waals surface area (Å²) in [5, 5.41) is 6.93. The Hall–Kier alpha value is -1.43. The summed E-state index contributed by atoms with van der Waals surface area (Å²) in [4.78, 5) is 19.1. The van der Waals surface area contributed by atoms with Gasteiger partial charge in [0.2, 0.25) is 11.8 Å². The zero-order chi connectivity index (χ0) is 15.0. The van der Waals surface area contributed by atoms with Crippen LogP contribution in [0.5, 0.6) is 0 Å². The van der Waals surface area contributed by atoms with Crippen molar-refractivity contribution in [2.45, 2.75) is 45.6 Å². The molecule has 6 nitrogen and oxygen atoms in total. The van der Waals surface area contributed by atoms with E-state index in [0.717, 1.165) is 25.9 Å². The minimum atomic E-state index is 0.0692. The highest BCUT2D eigenvalue weighted by atomic mass is 16.5. The van der Waals surface area contributed by atoms with Crippen LogP contribution in [0.4, 0.5) is 0 Å². The quantitative estimate of drug-likeness (QED) is 0.890. The van der Waals surface area contributed by atoms with E-state index in [0.29, 0.717) is 30.2 Å². The van der Waals surface area contributed by atoms with Crippen LogP contribution in [0.25, 0.3) is 0 Å². The molecule has 2 saturated heterocycles. The third-order valence-electron chi connectivity index (χ3n) is 4.93. The molecular weight excluding hydrogens is 268 g/mol. The van der Waals surface area contributed by atoms with Crippen LogP contribution in [0.2, 0.25) is 0 Å². The van der Waals surface area contributed by atoms with Crippen molar-refractivity contribution in [2.24, 2.45) is 11.8 Å². The highest BCUT2D eigenvalue weighted by Crippen LogP contribution is 2.38. The summed E-state index contributed by atoms with van der Waals surface area (Å²) in [5.41, 5.74) is 0. The fourth-order valence-corrected chi connectivity index (χ4v) is 3.70. The predicted molar refractivity (Wildman–Crippen MR) is 77.7 cm³/mol. The summed E-state index contributed by atoms with van der Waals surface area (Å²) in [6.07, 6.45) is 1.93. The maximum absolute atomic E-state index is 12.2. The van der Waals surface area contributed by atoms with E-state index in [-0.39, 0.29) is 17.7 Å². The average molecular weight is 292 g/mol. The lowest BCUT2D eigenvalue weighted by Gasteiger charge is -2.34. The van der Waals surface area contributed by atoms with Crippen LogP contribution in [0, 0.1) is 18.8 Å². The molecule has 1 aromatic rings. The molecule has 0 bridgehead atoms. The van der Waals surface area contributed by atoms with Crippen molar-refractivity contribution in [3.63, 3.8) is 0 Å². The van der Waals surface area contributed by atoms with E-state index in [9.17, 15) is 4.79 Å². The Morgan fingerprint density at radius 3 is 2.71 bits per heavy atom. The van der Waals surface area contributed by atoms with E-state index >= 15 is 0 Å². The van der Waals surface area contributed by atoms with E-state index in [1.54, 1.807) is 0 Å². The number of fused-ring (bicyclic) bond motifs is 1. The van der Waals surface area contributed by atoms with Crippen molar-refractivity contribution in [3.05, 3.63) is 11.7 Å². The SMILES string of the molecule is Cc1noc([C@H]2CNC(=O)[C@H]3CCN(C(C)C)CC[C@H]32)n1. The Morgan fingerprint density at radius 2 is 2.05 bits per heavy atom. The van der Waals surface area contributed by atoms with Crippen LogP contribution in [0.15, 0.2) is 4.52 Å². The lowest BCUT2D eigenvalue weighted by atomic mass is 9.75. The first-order valence-corrected chi connectivity index (χ1v) is 7.88. The molecule has 2 aliphatic heterocycles. The fraction of sp³-hybridized carbons (Fsp3) is 0.800. The van der Waals surface area contributed by atoms with Crippen LogP contribution in [-0.2, 0) is 4.79 Å². The fourth-order valence-electron chi connectivity index (χ4n) is 3.70. The molecule has 2 fully saturated rings. The molecule has 0 aliphatic carbocycles. The first kappa shape index (κ1) is 14.5. The van der Waals surface area contributed by atoms with E-state index in [4.69, 9.17) is 4.52 Å². The van der Waals surface area contributed by atoms with Crippen molar-refractivity contribution in [1.82, 2.24) is 20.4 Å². The van der Waals surface area contributed by atoms with Gasteiger partial charge in [-0.3, -0.25) is 4.79 Å². The molecule has 3 atom stereocenters. The van der Waals surface area contributed by atoms with E-state index in [1.807, 2.05) is 6.92 Å². The molecule has 2 aliphatic rings. The number of rotatable bonds is 2. The summed E-state index contributed by atoms with van der Waals surface area (Å²) in [5.74, 6) is 2.07. The molecule has 6 heteroatoms. The Morgan fingerprint density at radius 1 is 1.29 bits per heavy atom. The first-order chi connectivity index (χ1) is 10.1. The number of nitrogens with zero attached hydrogens (tertiary/aromatic N) is 3. The number of hydrogen-bond donors (Lipinski definition) is 1. The van der Waals surface area contributed by atoms with Crippen LogP contribution >= 0.6 is 0 Å². The number of piperidine rings is 1. The van der Waals surface area contributed by atoms with Crippen molar-refractivity contribution >= 4 is 5.91 Å². The number of hydrogen-bond acceptors (Lipinski definition) is 5. The van der Waals surface area contributed by atoms with Crippen LogP contribution in [0.3, 0.4) is 0 Å². The largest absolute Gasteiger partial charge is 0.355 e. The van der Waals surface area contributed by atoms with Gasteiger partial charge in [0, 0.05) is 18.5 Å². The lowest BCUT2D eigenvalue weighted by Crippen LogP contribution is -2.46. The number of aromatic nitrogens is 2. The molecule has 1 amide bonds. The van der Waals surface area contributed by atoms with Gasteiger partial charge < -0.3 is 14.7 Å². The Labute approximate surface area is 125 Å². The van der Waals surface area contributed by atoms with Gasteiger partial charge in [0.15, 0.2) is 5.82 Å². The van der Waals surface area contributed by atoms with Crippen LogP contribution < -0.4 is 5.32 Å². The van der Waals surface area contributed by atoms with Gasteiger partial charge in [-0.2, -0.15) is 4.98 Å². The van der Waals surface area contributed by atoms with Crippen molar-refractivity contribution in [2.75, 3.05) is 19.6 Å². The van der Waals surface area contributed by atoms with Gasteiger partial charge in [0.25, 0.3) is 0 Å². The number of aryl methyl sites for hydroxylation is 1. The van der Waals surface area contributed by atoms with E-state index in [2.05, 4.69) is 34.2 Å². The number of carbonyl (C=O) groups excluding carboxylic acids is 1. The van der Waals surface area contributed by atoms with Crippen molar-refractivity contribution in [3.8, 4) is 0 Å². The van der Waals surface area contributed by atoms with Gasteiger partial charge in [0.1, 0.15) is 0 Å². The molecule has 0 radical (unpaired) electrons. The molecule has 1 N–H and O–H groups in total. The Balaban J connectivity index is 1.83. The minimum absolute atomic E-state index is 0.0692. The van der Waals surface area contributed by atoms with Crippen LogP contribution in [-0.4, -0.2) is 46.6 Å². The third kappa shape index (κ3) is 2.81. The topological polar surface area (TPSA) is 71.3 Å². The summed E-state index contributed by atoms with van der Waals surface area (Å²) < 4.78 is 5.38. The molecule has 116 valence electrons. The summed E-state index contributed by atoms with van der Waals surface area (Å²) in [6.45, 7) is 8.90. The molecular formula is C15H24N4O2. The predicted octanol–water partition coefficient (Wildman–Crippen LogP) is 1.33. The normalized spacial score (nSPS) is 30.9. The molecule has 0 saturated carbocycles. The van der Waals surface area contributed by atoms with Gasteiger partial charge in [-0.1, -0.05) is 5.16 Å². The zero-order valence-electron chi connectivity index (χ0n) is 13.0. The monoisotopic (exact) mass is 292 g/mol. The Bertz CT molecular complexity index is 514. The standard InChI is InChI=1S/C15H24N4O2/c1-9(2)19-6-4-11-12(5-7-19)14(20)16-8-13(11)15-17-10(3)18-21-15/h9,11-13H,4-8H2,1-3H3,(H,16,20)/t11-,12+,13+/m1/s1. The zero-order valence-corrected chi connectivity index (χ0v) is 13.0. The molecule has 0 aromatic carbocycles. The molecule has 1 aromatic heterocycles. The van der Waals surface area contributed by atoms with Gasteiger partial charge in [-0.15, -0.1) is 0 Å². The lowest BCUT2D eigenvalue weighted by molar-refractivity contribution is -0.129. The van der Waals surface area contributed by atoms with Gasteiger partial charge in [-0.25, -0.2) is 0 Å². The van der Waals surface area contributed by atoms with Crippen molar-refractivity contribution in [1.29, 1.82) is 0 Å². The number of carbonyl (C=O) groups is 1. The second-order valence-electron chi connectivity index (χ2n) is 6.51. The van der Waals surface area contributed by atoms with Crippen molar-refractivity contribution < 1.29 is 9.32 Å². The van der Waals surface area contributed by atoms with E-state index in [1.165, 1.54) is 0 Å². The molecule has 21 heavy (non-hydrogen) atoms. The average Bonchev–Trinajstić information content (AvgIpc) is 2.74. The summed E-state index contributed by atoms with van der Waals surface area (Å²) in [7, 11) is 0. The highest BCUT2D eigenvalue weighted by Gasteiger charge is 2.43. The smallest absolute Gasteiger partial charge is 0.231 e. The highest BCUT2D eigenvalue weighted by molar-refractivity contribution is 5.80. The minimum Gasteiger partial charge on any atom is -0.355 e. The maximum atomic E-state index is 12.2. The molecule has 3 heterocycles. The molecule has 3 rings (SSSR count). The van der Waals surface area contributed by atoms with Crippen LogP contribution in [0.1, 0.15) is 44.3 Å². The maximum Gasteiger partial charge on any atom is 0.231 e. The van der Waals surface area contributed by atoms with Gasteiger partial charge >= 0.3 is 0 Å². The summed E-state index contributed by atoms with van der Waals surface area (Å²) in [6, 6.07) is 0.525. The second kappa shape index (κ2) is 5.75. The molecule has 0 spiro atoms. The van der Waals surface area contributed by atoms with E-state index < -0.39 is 0 Å². The second-order valence-corrected chi connectivity index (χ2v) is 6.51. The van der Waals surface area contributed by atoms with Gasteiger partial charge in [0.05, 0.1) is 5.92 Å². The number of likely N-dealkylation sites (tertiary alicyclic amines) is 1. The number of amides is 1.